The van der Waals surface area contributed by atoms with Crippen LogP contribution in [0.4, 0.5) is 18.9 Å². The van der Waals surface area contributed by atoms with Crippen molar-refractivity contribution in [2.75, 3.05) is 19.5 Å². The highest BCUT2D eigenvalue weighted by atomic mass is 19.4. The number of carbonyl (C=O) groups is 1. The molecule has 2 aromatic rings. The van der Waals surface area contributed by atoms with E-state index in [1.165, 1.54) is 32.4 Å². The molecule has 0 unspecified atom stereocenters. The van der Waals surface area contributed by atoms with Gasteiger partial charge in [0.15, 0.2) is 11.5 Å². The molecule has 0 bridgehead atoms. The Bertz CT molecular complexity index is 816. The smallest absolute Gasteiger partial charge is 0.416 e. The molecule has 1 N–H and O–H groups in total. The lowest BCUT2D eigenvalue weighted by Gasteiger charge is -2.15. The fourth-order valence-electron chi connectivity index (χ4n) is 2.46. The number of allylic oxidation sites excluding steroid dienone is 1. The number of alkyl halides is 3. The highest BCUT2D eigenvalue weighted by Gasteiger charge is 2.30. The van der Waals surface area contributed by atoms with Crippen LogP contribution >= 0.6 is 0 Å². The van der Waals surface area contributed by atoms with Gasteiger partial charge in [0.05, 0.1) is 19.8 Å². The fourth-order valence-corrected chi connectivity index (χ4v) is 2.46. The summed E-state index contributed by atoms with van der Waals surface area (Å²) in [6.07, 6.45) is -2.41. The van der Waals surface area contributed by atoms with Crippen molar-refractivity contribution in [2.24, 2.45) is 0 Å². The molecule has 2 rings (SSSR count). The molecule has 0 saturated carbocycles. The van der Waals surface area contributed by atoms with Crippen LogP contribution in [0.15, 0.2) is 49.1 Å². The second kappa shape index (κ2) is 7.95. The number of hydrogen-bond donors (Lipinski definition) is 1. The molecule has 0 aliphatic rings. The van der Waals surface area contributed by atoms with Crippen LogP contribution in [0, 0.1) is 0 Å². The third-order valence-electron chi connectivity index (χ3n) is 3.63. The first-order valence-electron chi connectivity index (χ1n) is 7.64. The molecular weight excluding hydrogens is 347 g/mol. The standard InChI is InChI=1S/C19H18F3NO3/c1-4-6-12-9-13(10-16(25-2)17(12)26-3)18(24)23-15-8-5-7-14(11-15)19(20,21)22/h4-5,7-11H,1,6H2,2-3H3,(H,23,24). The van der Waals surface area contributed by atoms with Gasteiger partial charge in [-0.1, -0.05) is 12.1 Å². The second-order valence-corrected chi connectivity index (χ2v) is 5.40. The molecule has 0 radical (unpaired) electrons. The number of carbonyl (C=O) groups excluding carboxylic acids is 1. The van der Waals surface area contributed by atoms with Crippen molar-refractivity contribution < 1.29 is 27.4 Å². The van der Waals surface area contributed by atoms with Gasteiger partial charge in [0.25, 0.3) is 5.91 Å². The quantitative estimate of drug-likeness (QED) is 0.755. The van der Waals surface area contributed by atoms with Crippen LogP contribution in [-0.2, 0) is 12.6 Å². The summed E-state index contributed by atoms with van der Waals surface area (Å²) in [6, 6.07) is 7.49. The molecule has 26 heavy (non-hydrogen) atoms. The molecule has 2 aromatic carbocycles. The molecule has 0 aliphatic heterocycles. The van der Waals surface area contributed by atoms with E-state index < -0.39 is 17.6 Å². The molecule has 0 aromatic heterocycles. The number of anilines is 1. The number of ether oxygens (including phenoxy) is 2. The van der Waals surface area contributed by atoms with Gasteiger partial charge in [0, 0.05) is 16.8 Å². The van der Waals surface area contributed by atoms with Gasteiger partial charge in [0.2, 0.25) is 0 Å². The molecule has 7 heteroatoms. The minimum atomic E-state index is -4.48. The molecule has 1 amide bonds. The molecule has 0 spiro atoms. The first kappa shape index (κ1) is 19.4. The van der Waals surface area contributed by atoms with Crippen LogP contribution < -0.4 is 14.8 Å². The zero-order valence-corrected chi connectivity index (χ0v) is 14.3. The van der Waals surface area contributed by atoms with Crippen LogP contribution in [0.25, 0.3) is 0 Å². The zero-order chi connectivity index (χ0) is 19.3. The minimum Gasteiger partial charge on any atom is -0.493 e. The number of nitrogens with one attached hydrogen (secondary N) is 1. The van der Waals surface area contributed by atoms with E-state index >= 15 is 0 Å². The summed E-state index contributed by atoms with van der Waals surface area (Å²) in [4.78, 5) is 12.5. The molecule has 0 fully saturated rings. The normalized spacial score (nSPS) is 11.0. The first-order valence-corrected chi connectivity index (χ1v) is 7.64. The summed E-state index contributed by atoms with van der Waals surface area (Å²) < 4.78 is 48.9. The third-order valence-corrected chi connectivity index (χ3v) is 3.63. The van der Waals surface area contributed by atoms with Crippen molar-refractivity contribution in [3.8, 4) is 11.5 Å². The van der Waals surface area contributed by atoms with E-state index in [0.29, 0.717) is 23.5 Å². The maximum atomic E-state index is 12.8. The Balaban J connectivity index is 2.35. The van der Waals surface area contributed by atoms with Crippen LogP contribution in [-0.4, -0.2) is 20.1 Å². The zero-order valence-electron chi connectivity index (χ0n) is 14.3. The highest BCUT2D eigenvalue weighted by molar-refractivity contribution is 6.05. The van der Waals surface area contributed by atoms with Crippen LogP contribution in [0.3, 0.4) is 0 Å². The van der Waals surface area contributed by atoms with Crippen LogP contribution in [0.2, 0.25) is 0 Å². The van der Waals surface area contributed by atoms with Crippen LogP contribution in [0.5, 0.6) is 11.5 Å². The number of halogens is 3. The van der Waals surface area contributed by atoms with Crippen molar-refractivity contribution in [1.29, 1.82) is 0 Å². The van der Waals surface area contributed by atoms with Gasteiger partial charge in [-0.05, 0) is 36.8 Å². The summed E-state index contributed by atoms with van der Waals surface area (Å²) in [5.74, 6) is 0.264. The average molecular weight is 365 g/mol. The number of rotatable bonds is 6. The van der Waals surface area contributed by atoms with E-state index in [2.05, 4.69) is 11.9 Å². The summed E-state index contributed by atoms with van der Waals surface area (Å²) in [5, 5.41) is 2.47. The van der Waals surface area contributed by atoms with Gasteiger partial charge < -0.3 is 14.8 Å². The largest absolute Gasteiger partial charge is 0.493 e. The fraction of sp³-hybridized carbons (Fsp3) is 0.211. The summed E-state index contributed by atoms with van der Waals surface area (Å²) in [6.45, 7) is 3.66. The van der Waals surface area contributed by atoms with E-state index in [-0.39, 0.29) is 11.3 Å². The van der Waals surface area contributed by atoms with Crippen molar-refractivity contribution in [1.82, 2.24) is 0 Å². The molecule has 0 atom stereocenters. The van der Waals surface area contributed by atoms with Crippen molar-refractivity contribution in [2.45, 2.75) is 12.6 Å². The predicted octanol–water partition coefficient (Wildman–Crippen LogP) is 4.70. The van der Waals surface area contributed by atoms with Gasteiger partial charge in [-0.25, -0.2) is 0 Å². The predicted molar refractivity (Wildman–Crippen MR) is 92.8 cm³/mol. The molecule has 0 heterocycles. The third kappa shape index (κ3) is 4.36. The van der Waals surface area contributed by atoms with Gasteiger partial charge in [-0.2, -0.15) is 13.2 Å². The molecule has 138 valence electrons. The number of amides is 1. The molecule has 0 saturated heterocycles. The molecule has 4 nitrogen and oxygen atoms in total. The lowest BCUT2D eigenvalue weighted by atomic mass is 10.0. The number of hydrogen-bond acceptors (Lipinski definition) is 3. The number of methoxy groups -OCH3 is 2. The minimum absolute atomic E-state index is 0.0462. The van der Waals surface area contributed by atoms with Crippen LogP contribution in [0.1, 0.15) is 21.5 Å². The molecular formula is C19H18F3NO3. The Labute approximate surface area is 149 Å². The maximum absolute atomic E-state index is 12.8. The number of benzene rings is 2. The second-order valence-electron chi connectivity index (χ2n) is 5.40. The van der Waals surface area contributed by atoms with Crippen molar-refractivity contribution in [3.63, 3.8) is 0 Å². The van der Waals surface area contributed by atoms with Gasteiger partial charge in [-0.3, -0.25) is 4.79 Å². The summed E-state index contributed by atoms with van der Waals surface area (Å²) in [5.41, 5.74) is 0.118. The first-order chi connectivity index (χ1) is 12.3. The van der Waals surface area contributed by atoms with E-state index in [1.54, 1.807) is 12.1 Å². The van der Waals surface area contributed by atoms with Gasteiger partial charge in [0.1, 0.15) is 0 Å². The van der Waals surface area contributed by atoms with Crippen molar-refractivity contribution in [3.05, 3.63) is 65.7 Å². The summed E-state index contributed by atoms with van der Waals surface area (Å²) >= 11 is 0. The summed E-state index contributed by atoms with van der Waals surface area (Å²) in [7, 11) is 2.91. The van der Waals surface area contributed by atoms with E-state index in [1.807, 2.05) is 0 Å². The SMILES string of the molecule is C=CCc1cc(C(=O)Nc2cccc(C(F)(F)F)c2)cc(OC)c1OC. The lowest BCUT2D eigenvalue weighted by Crippen LogP contribution is -2.14. The lowest BCUT2D eigenvalue weighted by molar-refractivity contribution is -0.137. The Kier molecular flexibility index (Phi) is 5.92. The van der Waals surface area contributed by atoms with Gasteiger partial charge >= 0.3 is 6.18 Å². The topological polar surface area (TPSA) is 47.6 Å². The van der Waals surface area contributed by atoms with Gasteiger partial charge in [-0.15, -0.1) is 6.58 Å². The van der Waals surface area contributed by atoms with E-state index in [9.17, 15) is 18.0 Å². The monoisotopic (exact) mass is 365 g/mol. The Morgan fingerprint density at radius 3 is 2.50 bits per heavy atom. The highest BCUT2D eigenvalue weighted by Crippen LogP contribution is 2.34. The average Bonchev–Trinajstić information content (AvgIpc) is 2.60. The van der Waals surface area contributed by atoms with E-state index in [0.717, 1.165) is 12.1 Å². The Morgan fingerprint density at radius 1 is 1.19 bits per heavy atom. The molecule has 0 aliphatic carbocycles. The Morgan fingerprint density at radius 2 is 1.92 bits per heavy atom. The van der Waals surface area contributed by atoms with Crippen molar-refractivity contribution >= 4 is 11.6 Å². The Hall–Kier alpha value is -2.96. The van der Waals surface area contributed by atoms with E-state index in [4.69, 9.17) is 9.47 Å². The maximum Gasteiger partial charge on any atom is 0.416 e.